The van der Waals surface area contributed by atoms with E-state index in [0.717, 1.165) is 75.4 Å². The second kappa shape index (κ2) is 13.3. The maximum atomic E-state index is 12.4. The molecular formula is C28H40ClNO3. The number of ether oxygens (including phenoxy) is 2. The van der Waals surface area contributed by atoms with Crippen LogP contribution in [-0.4, -0.2) is 49.5 Å². The number of hydrogen-bond donors (Lipinski definition) is 1. The van der Waals surface area contributed by atoms with Crippen molar-refractivity contribution in [2.24, 2.45) is 0 Å². The van der Waals surface area contributed by atoms with Crippen molar-refractivity contribution >= 4 is 11.6 Å². The monoisotopic (exact) mass is 473 g/mol. The zero-order valence-corrected chi connectivity index (χ0v) is 21.0. The predicted octanol–water partition coefficient (Wildman–Crippen LogP) is 6.40. The zero-order valence-electron chi connectivity index (χ0n) is 20.3. The third-order valence-electron chi connectivity index (χ3n) is 6.63. The molecule has 0 aromatic heterocycles. The summed E-state index contributed by atoms with van der Waals surface area (Å²) in [6.45, 7) is 9.06. The summed E-state index contributed by atoms with van der Waals surface area (Å²) in [7, 11) is 0. The van der Waals surface area contributed by atoms with Crippen molar-refractivity contribution in [3.8, 4) is 5.75 Å². The van der Waals surface area contributed by atoms with Crippen LogP contribution in [-0.2, 0) is 10.3 Å². The molecule has 33 heavy (non-hydrogen) atoms. The molecule has 182 valence electrons. The molecule has 0 aliphatic carbocycles. The van der Waals surface area contributed by atoms with E-state index in [1.54, 1.807) is 0 Å². The summed E-state index contributed by atoms with van der Waals surface area (Å²) in [5.74, 6) is 0.780. The molecule has 0 saturated carbocycles. The Hall–Kier alpha value is -1.59. The van der Waals surface area contributed by atoms with Gasteiger partial charge >= 0.3 is 0 Å². The lowest BCUT2D eigenvalue weighted by Crippen LogP contribution is -2.45. The maximum absolute atomic E-state index is 12.4. The van der Waals surface area contributed by atoms with Crippen LogP contribution in [0.2, 0.25) is 5.02 Å². The number of rotatable bonds is 13. The summed E-state index contributed by atoms with van der Waals surface area (Å²) in [5.41, 5.74) is 1.09. The van der Waals surface area contributed by atoms with Crippen molar-refractivity contribution in [2.45, 2.75) is 63.9 Å². The Labute approximate surface area is 204 Å². The van der Waals surface area contributed by atoms with Crippen LogP contribution in [0.25, 0.3) is 0 Å². The molecule has 0 amide bonds. The minimum Gasteiger partial charge on any atom is -0.494 e. The lowest BCUT2D eigenvalue weighted by molar-refractivity contribution is -0.0296. The SMILES string of the molecule is CCCCCCC(O)(c1ccc(OCCC)cc1)C(CN1CCOCC1)c1ccc(Cl)cc1. The van der Waals surface area contributed by atoms with Gasteiger partial charge < -0.3 is 14.6 Å². The molecule has 4 nitrogen and oxygen atoms in total. The minimum atomic E-state index is -0.983. The lowest BCUT2D eigenvalue weighted by Gasteiger charge is -2.41. The average molecular weight is 474 g/mol. The van der Waals surface area contributed by atoms with E-state index >= 15 is 0 Å². The summed E-state index contributed by atoms with van der Waals surface area (Å²) in [5, 5.41) is 13.1. The Balaban J connectivity index is 1.95. The molecular weight excluding hydrogens is 434 g/mol. The highest BCUT2D eigenvalue weighted by molar-refractivity contribution is 6.30. The van der Waals surface area contributed by atoms with Crippen LogP contribution in [0.15, 0.2) is 48.5 Å². The van der Waals surface area contributed by atoms with E-state index in [-0.39, 0.29) is 5.92 Å². The van der Waals surface area contributed by atoms with E-state index in [2.05, 4.69) is 30.9 Å². The number of hydrogen-bond acceptors (Lipinski definition) is 4. The normalized spacial score (nSPS) is 17.5. The second-order valence-electron chi connectivity index (χ2n) is 9.12. The molecule has 2 aromatic carbocycles. The third kappa shape index (κ3) is 7.45. The number of benzene rings is 2. The van der Waals surface area contributed by atoms with Crippen molar-refractivity contribution in [3.63, 3.8) is 0 Å². The van der Waals surface area contributed by atoms with Crippen LogP contribution in [0.3, 0.4) is 0 Å². The van der Waals surface area contributed by atoms with Gasteiger partial charge in [0.2, 0.25) is 0 Å². The van der Waals surface area contributed by atoms with Gasteiger partial charge in [0.25, 0.3) is 0 Å². The largest absolute Gasteiger partial charge is 0.494 e. The van der Waals surface area contributed by atoms with Crippen LogP contribution in [0.1, 0.15) is 69.4 Å². The number of morpholine rings is 1. The van der Waals surface area contributed by atoms with Gasteiger partial charge in [-0.2, -0.15) is 0 Å². The van der Waals surface area contributed by atoms with Crippen LogP contribution < -0.4 is 4.74 Å². The predicted molar refractivity (Wildman–Crippen MR) is 136 cm³/mol. The lowest BCUT2D eigenvalue weighted by atomic mass is 9.74. The van der Waals surface area contributed by atoms with Crippen LogP contribution in [0.4, 0.5) is 0 Å². The fourth-order valence-electron chi connectivity index (χ4n) is 4.67. The van der Waals surface area contributed by atoms with E-state index in [1.165, 1.54) is 12.8 Å². The molecule has 1 heterocycles. The highest BCUT2D eigenvalue weighted by atomic mass is 35.5. The van der Waals surface area contributed by atoms with Gasteiger partial charge in [-0.1, -0.05) is 75.4 Å². The molecule has 1 fully saturated rings. The first-order valence-electron chi connectivity index (χ1n) is 12.6. The summed E-state index contributed by atoms with van der Waals surface area (Å²) < 4.78 is 11.4. The molecule has 1 aliphatic rings. The molecule has 1 saturated heterocycles. The van der Waals surface area contributed by atoms with Crippen LogP contribution in [0, 0.1) is 0 Å². The molecule has 3 rings (SSSR count). The van der Waals surface area contributed by atoms with Gasteiger partial charge in [0.1, 0.15) is 5.75 Å². The topological polar surface area (TPSA) is 41.9 Å². The van der Waals surface area contributed by atoms with E-state index in [4.69, 9.17) is 21.1 Å². The van der Waals surface area contributed by atoms with Crippen molar-refractivity contribution < 1.29 is 14.6 Å². The summed E-state index contributed by atoms with van der Waals surface area (Å²) >= 11 is 6.21. The molecule has 0 radical (unpaired) electrons. The van der Waals surface area contributed by atoms with Crippen LogP contribution >= 0.6 is 11.6 Å². The molecule has 2 unspecified atom stereocenters. The fraction of sp³-hybridized carbons (Fsp3) is 0.571. The van der Waals surface area contributed by atoms with E-state index in [0.29, 0.717) is 11.6 Å². The molecule has 5 heteroatoms. The van der Waals surface area contributed by atoms with E-state index in [9.17, 15) is 5.11 Å². The standard InChI is InChI=1S/C28H40ClNO3/c1-3-5-6-7-16-28(31,24-10-14-26(15-11-24)33-19-4-2)27(22-30-17-20-32-21-18-30)23-8-12-25(29)13-9-23/h8-15,27,31H,3-7,16-22H2,1-2H3. The molecule has 1 aliphatic heterocycles. The summed E-state index contributed by atoms with van der Waals surface area (Å²) in [4.78, 5) is 2.42. The van der Waals surface area contributed by atoms with Gasteiger partial charge in [0.05, 0.1) is 25.4 Å². The van der Waals surface area contributed by atoms with Crippen molar-refractivity contribution in [1.82, 2.24) is 4.90 Å². The highest BCUT2D eigenvalue weighted by Crippen LogP contribution is 2.42. The Morgan fingerprint density at radius 1 is 0.970 bits per heavy atom. The van der Waals surface area contributed by atoms with E-state index < -0.39 is 5.60 Å². The van der Waals surface area contributed by atoms with Gasteiger partial charge in [-0.3, -0.25) is 4.90 Å². The van der Waals surface area contributed by atoms with Gasteiger partial charge in [0, 0.05) is 30.6 Å². The summed E-state index contributed by atoms with van der Waals surface area (Å²) in [6, 6.07) is 16.1. The third-order valence-corrected chi connectivity index (χ3v) is 6.88. The Morgan fingerprint density at radius 2 is 1.67 bits per heavy atom. The van der Waals surface area contributed by atoms with Crippen molar-refractivity contribution in [1.29, 1.82) is 0 Å². The van der Waals surface area contributed by atoms with Gasteiger partial charge in [-0.25, -0.2) is 0 Å². The Morgan fingerprint density at radius 3 is 2.30 bits per heavy atom. The van der Waals surface area contributed by atoms with Crippen LogP contribution in [0.5, 0.6) is 5.75 Å². The molecule has 2 atom stereocenters. The van der Waals surface area contributed by atoms with Gasteiger partial charge in [0.15, 0.2) is 0 Å². The minimum absolute atomic E-state index is 0.0723. The molecule has 0 bridgehead atoms. The number of halogens is 1. The van der Waals surface area contributed by atoms with Crippen molar-refractivity contribution in [3.05, 3.63) is 64.7 Å². The number of aliphatic hydroxyl groups is 1. The highest BCUT2D eigenvalue weighted by Gasteiger charge is 2.40. The van der Waals surface area contributed by atoms with Gasteiger partial charge in [-0.15, -0.1) is 0 Å². The Bertz CT molecular complexity index is 805. The second-order valence-corrected chi connectivity index (χ2v) is 9.56. The number of unbranched alkanes of at least 4 members (excludes halogenated alkanes) is 3. The first-order valence-corrected chi connectivity index (χ1v) is 13.0. The van der Waals surface area contributed by atoms with E-state index in [1.807, 2.05) is 36.4 Å². The number of nitrogens with zero attached hydrogens (tertiary/aromatic N) is 1. The van der Waals surface area contributed by atoms with Gasteiger partial charge in [-0.05, 0) is 48.2 Å². The molecule has 2 aromatic rings. The summed E-state index contributed by atoms with van der Waals surface area (Å²) in [6.07, 6.45) is 6.18. The Kier molecular flexibility index (Phi) is 10.5. The maximum Gasteiger partial charge on any atom is 0.119 e. The molecule has 0 spiro atoms. The smallest absolute Gasteiger partial charge is 0.119 e. The fourth-order valence-corrected chi connectivity index (χ4v) is 4.80. The quantitative estimate of drug-likeness (QED) is 0.341. The molecule has 1 N–H and O–H groups in total. The average Bonchev–Trinajstić information content (AvgIpc) is 2.85. The zero-order chi connectivity index (χ0) is 23.5. The first kappa shape index (κ1) is 26.0. The first-order chi connectivity index (χ1) is 16.1. The van der Waals surface area contributed by atoms with Crippen molar-refractivity contribution in [2.75, 3.05) is 39.5 Å².